The van der Waals surface area contributed by atoms with E-state index in [9.17, 15) is 0 Å². The lowest BCUT2D eigenvalue weighted by atomic mass is 10.2. The molecule has 4 aromatic rings. The summed E-state index contributed by atoms with van der Waals surface area (Å²) in [5.41, 5.74) is 3.45. The summed E-state index contributed by atoms with van der Waals surface area (Å²) >= 11 is 0. The van der Waals surface area contributed by atoms with Crippen molar-refractivity contribution in [2.24, 2.45) is 0 Å². The summed E-state index contributed by atoms with van der Waals surface area (Å²) in [6, 6.07) is 21.7. The Morgan fingerprint density at radius 1 is 0.826 bits per heavy atom. The van der Waals surface area contributed by atoms with Crippen LogP contribution in [0.3, 0.4) is 0 Å². The number of para-hydroxylation sites is 1. The number of nitrogens with zero attached hydrogens (tertiary/aromatic N) is 2. The molecule has 0 bridgehead atoms. The van der Waals surface area contributed by atoms with Crippen molar-refractivity contribution in [2.75, 3.05) is 0 Å². The van der Waals surface area contributed by atoms with Crippen LogP contribution in [0.5, 0.6) is 0 Å². The molecule has 0 saturated heterocycles. The van der Waals surface area contributed by atoms with Crippen LogP contribution >= 0.6 is 0 Å². The molecule has 0 radical (unpaired) electrons. The molecule has 2 aromatic carbocycles. The molecule has 2 nitrogen and oxygen atoms in total. The van der Waals surface area contributed by atoms with Crippen molar-refractivity contribution >= 4 is 35.2 Å². The molecule has 0 aliphatic rings. The SMILES string of the molecule is C[Si](C)(C)c1cccc(-n2c3ccccc3c3cccnc32)c1. The molecule has 2 aromatic heterocycles. The first-order chi connectivity index (χ1) is 11.1. The molecule has 0 saturated carbocycles. The summed E-state index contributed by atoms with van der Waals surface area (Å²) in [5, 5.41) is 3.94. The van der Waals surface area contributed by atoms with E-state index >= 15 is 0 Å². The Hall–Kier alpha value is -2.39. The Labute approximate surface area is 137 Å². The van der Waals surface area contributed by atoms with Crippen LogP contribution in [0.1, 0.15) is 0 Å². The van der Waals surface area contributed by atoms with Crippen LogP contribution in [0.4, 0.5) is 0 Å². The molecular formula is C20H20N2Si. The van der Waals surface area contributed by atoms with Crippen LogP contribution in [-0.4, -0.2) is 17.6 Å². The van der Waals surface area contributed by atoms with Crippen molar-refractivity contribution in [1.29, 1.82) is 0 Å². The summed E-state index contributed by atoms with van der Waals surface area (Å²) in [5.74, 6) is 0. The van der Waals surface area contributed by atoms with Crippen molar-refractivity contribution in [1.82, 2.24) is 9.55 Å². The van der Waals surface area contributed by atoms with E-state index in [1.54, 1.807) is 0 Å². The maximum atomic E-state index is 4.66. The van der Waals surface area contributed by atoms with Gasteiger partial charge in [-0.2, -0.15) is 0 Å². The minimum Gasteiger partial charge on any atom is -0.294 e. The van der Waals surface area contributed by atoms with Gasteiger partial charge in [-0.25, -0.2) is 4.98 Å². The zero-order chi connectivity index (χ0) is 16.0. The monoisotopic (exact) mass is 316 g/mol. The first kappa shape index (κ1) is 14.2. The van der Waals surface area contributed by atoms with Gasteiger partial charge in [0.05, 0.1) is 13.6 Å². The van der Waals surface area contributed by atoms with E-state index in [0.29, 0.717) is 0 Å². The highest BCUT2D eigenvalue weighted by molar-refractivity contribution is 6.88. The van der Waals surface area contributed by atoms with Gasteiger partial charge in [-0.1, -0.05) is 55.2 Å². The molecule has 0 aliphatic heterocycles. The summed E-state index contributed by atoms with van der Waals surface area (Å²) in [6.45, 7) is 7.16. The number of pyridine rings is 1. The van der Waals surface area contributed by atoms with Gasteiger partial charge in [0.1, 0.15) is 5.65 Å². The third-order valence-electron chi connectivity index (χ3n) is 4.40. The van der Waals surface area contributed by atoms with Gasteiger partial charge in [0.25, 0.3) is 0 Å². The zero-order valence-corrected chi connectivity index (χ0v) is 14.7. The Balaban J connectivity index is 2.09. The van der Waals surface area contributed by atoms with Crippen molar-refractivity contribution < 1.29 is 0 Å². The van der Waals surface area contributed by atoms with Crippen LogP contribution < -0.4 is 5.19 Å². The second kappa shape index (κ2) is 5.07. The molecule has 0 amide bonds. The van der Waals surface area contributed by atoms with E-state index in [-0.39, 0.29) is 0 Å². The molecule has 0 spiro atoms. The molecule has 0 fully saturated rings. The second-order valence-corrected chi connectivity index (χ2v) is 12.1. The van der Waals surface area contributed by atoms with Crippen LogP contribution in [0.2, 0.25) is 19.6 Å². The highest BCUT2D eigenvalue weighted by Crippen LogP contribution is 2.30. The van der Waals surface area contributed by atoms with E-state index in [4.69, 9.17) is 0 Å². The van der Waals surface area contributed by atoms with Crippen molar-refractivity contribution in [3.05, 3.63) is 66.9 Å². The van der Waals surface area contributed by atoms with Gasteiger partial charge in [0.2, 0.25) is 0 Å². The molecule has 4 rings (SSSR count). The van der Waals surface area contributed by atoms with Gasteiger partial charge in [0, 0.05) is 22.7 Å². The largest absolute Gasteiger partial charge is 0.294 e. The molecule has 3 heteroatoms. The fourth-order valence-electron chi connectivity index (χ4n) is 3.17. The van der Waals surface area contributed by atoms with E-state index in [0.717, 1.165) is 5.65 Å². The van der Waals surface area contributed by atoms with Crippen LogP contribution in [0.15, 0.2) is 66.9 Å². The zero-order valence-electron chi connectivity index (χ0n) is 13.7. The number of hydrogen-bond donors (Lipinski definition) is 0. The molecular weight excluding hydrogens is 296 g/mol. The Morgan fingerprint density at radius 3 is 2.43 bits per heavy atom. The molecule has 23 heavy (non-hydrogen) atoms. The van der Waals surface area contributed by atoms with E-state index in [1.165, 1.54) is 27.2 Å². The Kier molecular flexibility index (Phi) is 3.13. The lowest BCUT2D eigenvalue weighted by molar-refractivity contribution is 1.14. The lowest BCUT2D eigenvalue weighted by Crippen LogP contribution is -2.37. The predicted molar refractivity (Wildman–Crippen MR) is 102 cm³/mol. The van der Waals surface area contributed by atoms with E-state index in [1.807, 2.05) is 12.3 Å². The van der Waals surface area contributed by atoms with Gasteiger partial charge >= 0.3 is 0 Å². The number of aromatic nitrogens is 2. The normalized spacial score (nSPS) is 12.1. The van der Waals surface area contributed by atoms with Gasteiger partial charge < -0.3 is 0 Å². The van der Waals surface area contributed by atoms with Crippen LogP contribution in [0, 0.1) is 0 Å². The van der Waals surface area contributed by atoms with Gasteiger partial charge in [-0.05, 0) is 30.3 Å². The Morgan fingerprint density at radius 2 is 1.61 bits per heavy atom. The number of rotatable bonds is 2. The molecule has 2 heterocycles. The number of hydrogen-bond acceptors (Lipinski definition) is 1. The van der Waals surface area contributed by atoms with Crippen molar-refractivity contribution in [2.45, 2.75) is 19.6 Å². The molecule has 0 aliphatic carbocycles. The maximum Gasteiger partial charge on any atom is 0.145 e. The highest BCUT2D eigenvalue weighted by atomic mass is 28.3. The van der Waals surface area contributed by atoms with E-state index < -0.39 is 8.07 Å². The maximum absolute atomic E-state index is 4.66. The predicted octanol–water partition coefficient (Wildman–Crippen LogP) is 4.72. The number of fused-ring (bicyclic) bond motifs is 3. The summed E-state index contributed by atoms with van der Waals surface area (Å²) in [7, 11) is -1.35. The minimum absolute atomic E-state index is 1.03. The molecule has 114 valence electrons. The fourth-order valence-corrected chi connectivity index (χ4v) is 4.35. The molecule has 0 unspecified atom stereocenters. The second-order valence-electron chi connectivity index (χ2n) is 7.03. The summed E-state index contributed by atoms with van der Waals surface area (Å²) in [6.07, 6.45) is 1.88. The van der Waals surface area contributed by atoms with Crippen molar-refractivity contribution in [3.63, 3.8) is 0 Å². The number of benzene rings is 2. The van der Waals surface area contributed by atoms with Crippen LogP contribution in [-0.2, 0) is 0 Å². The smallest absolute Gasteiger partial charge is 0.145 e. The third kappa shape index (κ3) is 2.28. The first-order valence-corrected chi connectivity index (χ1v) is 11.5. The van der Waals surface area contributed by atoms with Crippen LogP contribution in [0.25, 0.3) is 27.6 Å². The van der Waals surface area contributed by atoms with Crippen molar-refractivity contribution in [3.8, 4) is 5.69 Å². The minimum atomic E-state index is -1.35. The molecule has 0 N–H and O–H groups in total. The summed E-state index contributed by atoms with van der Waals surface area (Å²) < 4.78 is 2.29. The first-order valence-electron chi connectivity index (χ1n) is 8.01. The Bertz CT molecular complexity index is 956. The average molecular weight is 316 g/mol. The van der Waals surface area contributed by atoms with Gasteiger partial charge in [-0.3, -0.25) is 4.57 Å². The topological polar surface area (TPSA) is 17.8 Å². The van der Waals surface area contributed by atoms with E-state index in [2.05, 4.69) is 83.8 Å². The van der Waals surface area contributed by atoms with Gasteiger partial charge in [0.15, 0.2) is 0 Å². The third-order valence-corrected chi connectivity index (χ3v) is 6.45. The molecule has 0 atom stereocenters. The van der Waals surface area contributed by atoms with Gasteiger partial charge in [-0.15, -0.1) is 0 Å². The highest BCUT2D eigenvalue weighted by Gasteiger charge is 2.18. The fraction of sp³-hybridized carbons (Fsp3) is 0.150. The standard InChI is InChI=1S/C20H20N2Si/c1-23(2,3)16-9-6-8-15(14-16)22-19-12-5-4-10-17(19)18-11-7-13-21-20(18)22/h4-14H,1-3H3. The summed E-state index contributed by atoms with van der Waals surface area (Å²) in [4.78, 5) is 4.66. The average Bonchev–Trinajstić information content (AvgIpc) is 2.89. The quantitative estimate of drug-likeness (QED) is 0.489. The lowest BCUT2D eigenvalue weighted by Gasteiger charge is -2.18.